The van der Waals surface area contributed by atoms with Crippen molar-refractivity contribution in [1.82, 2.24) is 20.1 Å². The summed E-state index contributed by atoms with van der Waals surface area (Å²) in [4.78, 5) is 12.4. The molecular formula is C16H19ClN4O2. The normalized spacial score (nSPS) is 13.7. The van der Waals surface area contributed by atoms with Gasteiger partial charge in [-0.25, -0.2) is 0 Å². The lowest BCUT2D eigenvalue weighted by molar-refractivity contribution is -0.134. The topological polar surface area (TPSA) is 69.0 Å². The average molecular weight is 335 g/mol. The number of aryl methyl sites for hydroxylation is 1. The molecule has 23 heavy (non-hydrogen) atoms. The molecule has 1 aliphatic rings. The maximum absolute atomic E-state index is 12.4. The van der Waals surface area contributed by atoms with Gasteiger partial charge in [-0.05, 0) is 44.5 Å². The zero-order chi connectivity index (χ0) is 16.4. The van der Waals surface area contributed by atoms with E-state index >= 15 is 0 Å². The molecule has 0 saturated heterocycles. The van der Waals surface area contributed by atoms with E-state index in [-0.39, 0.29) is 5.91 Å². The van der Waals surface area contributed by atoms with Gasteiger partial charge in [0, 0.05) is 18.0 Å². The second-order valence-electron chi connectivity index (χ2n) is 6.04. The van der Waals surface area contributed by atoms with E-state index in [1.54, 1.807) is 38.1 Å². The molecule has 0 radical (unpaired) electrons. The molecule has 0 aliphatic carbocycles. The third kappa shape index (κ3) is 3.47. The molecule has 0 saturated carbocycles. The Morgan fingerprint density at radius 2 is 2.09 bits per heavy atom. The summed E-state index contributed by atoms with van der Waals surface area (Å²) in [6, 6.07) is 6.93. The van der Waals surface area contributed by atoms with Gasteiger partial charge in [-0.1, -0.05) is 11.6 Å². The van der Waals surface area contributed by atoms with Gasteiger partial charge >= 0.3 is 0 Å². The summed E-state index contributed by atoms with van der Waals surface area (Å²) < 4.78 is 7.83. The first-order chi connectivity index (χ1) is 11.0. The lowest BCUT2D eigenvalue weighted by Crippen LogP contribution is -2.46. The van der Waals surface area contributed by atoms with Gasteiger partial charge in [0.15, 0.2) is 11.4 Å². The van der Waals surface area contributed by atoms with E-state index in [0.717, 1.165) is 31.0 Å². The van der Waals surface area contributed by atoms with Crippen LogP contribution in [0, 0.1) is 0 Å². The Kier molecular flexibility index (Phi) is 4.26. The molecule has 2 heterocycles. The molecule has 1 aromatic heterocycles. The van der Waals surface area contributed by atoms with Crippen LogP contribution in [0.2, 0.25) is 5.02 Å². The molecule has 6 nitrogen and oxygen atoms in total. The average Bonchev–Trinajstić information content (AvgIpc) is 3.10. The first-order valence-electron chi connectivity index (χ1n) is 7.59. The minimum absolute atomic E-state index is 0.206. The zero-order valence-electron chi connectivity index (χ0n) is 13.2. The molecule has 0 atom stereocenters. The largest absolute Gasteiger partial charge is 0.478 e. The Labute approximate surface area is 139 Å². The lowest BCUT2D eigenvalue weighted by Gasteiger charge is -2.25. The van der Waals surface area contributed by atoms with Crippen LogP contribution in [0.3, 0.4) is 0 Å². The zero-order valence-corrected chi connectivity index (χ0v) is 13.9. The number of nitrogens with one attached hydrogen (secondary N) is 1. The van der Waals surface area contributed by atoms with Crippen molar-refractivity contribution in [3.63, 3.8) is 0 Å². The Bertz CT molecular complexity index is 709. The second-order valence-corrected chi connectivity index (χ2v) is 6.47. The summed E-state index contributed by atoms with van der Waals surface area (Å²) in [6.45, 7) is 4.72. The van der Waals surface area contributed by atoms with Crippen molar-refractivity contribution in [2.24, 2.45) is 0 Å². The van der Waals surface area contributed by atoms with Gasteiger partial charge in [0.2, 0.25) is 0 Å². The van der Waals surface area contributed by atoms with Crippen LogP contribution in [0.1, 0.15) is 31.9 Å². The minimum Gasteiger partial charge on any atom is -0.478 e. The van der Waals surface area contributed by atoms with Crippen molar-refractivity contribution in [3.05, 3.63) is 40.9 Å². The predicted octanol–water partition coefficient (Wildman–Crippen LogP) is 2.35. The minimum atomic E-state index is -0.998. The first kappa shape index (κ1) is 15.8. The summed E-state index contributed by atoms with van der Waals surface area (Å²) >= 11 is 5.85. The molecule has 1 N–H and O–H groups in total. The number of amides is 1. The van der Waals surface area contributed by atoms with Gasteiger partial charge < -0.3 is 14.6 Å². The molecule has 0 spiro atoms. The predicted molar refractivity (Wildman–Crippen MR) is 86.3 cm³/mol. The van der Waals surface area contributed by atoms with Crippen LogP contribution in [-0.2, 0) is 24.3 Å². The van der Waals surface area contributed by atoms with Crippen molar-refractivity contribution in [3.8, 4) is 5.75 Å². The number of aromatic nitrogens is 3. The molecule has 1 aliphatic heterocycles. The van der Waals surface area contributed by atoms with Gasteiger partial charge in [0.1, 0.15) is 11.6 Å². The number of fused-ring (bicyclic) bond motifs is 1. The van der Waals surface area contributed by atoms with Crippen LogP contribution in [-0.4, -0.2) is 26.3 Å². The number of benzene rings is 1. The Morgan fingerprint density at radius 3 is 2.83 bits per heavy atom. The van der Waals surface area contributed by atoms with Crippen molar-refractivity contribution in [2.75, 3.05) is 0 Å². The third-order valence-electron chi connectivity index (χ3n) is 3.83. The van der Waals surface area contributed by atoms with E-state index in [0.29, 0.717) is 17.3 Å². The van der Waals surface area contributed by atoms with Crippen LogP contribution in [0.4, 0.5) is 0 Å². The molecular weight excluding hydrogens is 316 g/mol. The van der Waals surface area contributed by atoms with Gasteiger partial charge in [0.05, 0.1) is 6.54 Å². The van der Waals surface area contributed by atoms with Crippen LogP contribution >= 0.6 is 11.6 Å². The Morgan fingerprint density at radius 1 is 1.35 bits per heavy atom. The van der Waals surface area contributed by atoms with E-state index < -0.39 is 5.60 Å². The van der Waals surface area contributed by atoms with E-state index in [1.807, 2.05) is 0 Å². The van der Waals surface area contributed by atoms with Crippen molar-refractivity contribution in [2.45, 2.75) is 45.4 Å². The molecule has 0 bridgehead atoms. The molecule has 1 aromatic carbocycles. The fourth-order valence-corrected chi connectivity index (χ4v) is 2.68. The van der Waals surface area contributed by atoms with E-state index in [1.165, 1.54) is 0 Å². The molecule has 0 fully saturated rings. The van der Waals surface area contributed by atoms with Gasteiger partial charge in [-0.3, -0.25) is 4.79 Å². The second kappa shape index (κ2) is 6.20. The van der Waals surface area contributed by atoms with Gasteiger partial charge in [-0.2, -0.15) is 0 Å². The Hall–Kier alpha value is -2.08. The maximum atomic E-state index is 12.4. The SMILES string of the molecule is CC(C)(Oc1ccc(Cl)cc1)C(=O)NCc1nnc2n1CCC2. The highest BCUT2D eigenvalue weighted by Gasteiger charge is 2.30. The third-order valence-corrected chi connectivity index (χ3v) is 4.08. The van der Waals surface area contributed by atoms with Crippen molar-refractivity contribution < 1.29 is 9.53 Å². The monoisotopic (exact) mass is 334 g/mol. The highest BCUT2D eigenvalue weighted by Crippen LogP contribution is 2.21. The maximum Gasteiger partial charge on any atom is 0.263 e. The summed E-state index contributed by atoms with van der Waals surface area (Å²) in [5.74, 6) is 2.17. The van der Waals surface area contributed by atoms with Crippen molar-refractivity contribution in [1.29, 1.82) is 0 Å². The Balaban J connectivity index is 1.61. The van der Waals surface area contributed by atoms with E-state index in [9.17, 15) is 4.79 Å². The summed E-state index contributed by atoms with van der Waals surface area (Å²) in [6.07, 6.45) is 2.03. The van der Waals surface area contributed by atoms with Gasteiger partial charge in [0.25, 0.3) is 5.91 Å². The van der Waals surface area contributed by atoms with Crippen LogP contribution in [0.15, 0.2) is 24.3 Å². The van der Waals surface area contributed by atoms with Crippen LogP contribution in [0.25, 0.3) is 0 Å². The van der Waals surface area contributed by atoms with Crippen LogP contribution < -0.4 is 10.1 Å². The quantitative estimate of drug-likeness (QED) is 0.911. The molecule has 1 amide bonds. The number of ether oxygens (including phenoxy) is 1. The highest BCUT2D eigenvalue weighted by molar-refractivity contribution is 6.30. The van der Waals surface area contributed by atoms with Gasteiger partial charge in [-0.15, -0.1) is 10.2 Å². The fraction of sp³-hybridized carbons (Fsp3) is 0.438. The molecule has 0 unspecified atom stereocenters. The van der Waals surface area contributed by atoms with Crippen molar-refractivity contribution >= 4 is 17.5 Å². The smallest absolute Gasteiger partial charge is 0.263 e. The number of rotatable bonds is 5. The van der Waals surface area contributed by atoms with Crippen LogP contribution in [0.5, 0.6) is 5.75 Å². The number of halogens is 1. The highest BCUT2D eigenvalue weighted by atomic mass is 35.5. The molecule has 2 aromatic rings. The molecule has 122 valence electrons. The first-order valence-corrected chi connectivity index (χ1v) is 7.97. The standard InChI is InChI=1S/C16H19ClN4O2/c1-16(2,23-12-7-5-11(17)6-8-12)15(22)18-10-14-20-19-13-4-3-9-21(13)14/h5-8H,3-4,9-10H2,1-2H3,(H,18,22). The summed E-state index contributed by atoms with van der Waals surface area (Å²) in [5, 5.41) is 11.8. The number of hydrogen-bond donors (Lipinski definition) is 1. The number of carbonyl (C=O) groups is 1. The van der Waals surface area contributed by atoms with E-state index in [4.69, 9.17) is 16.3 Å². The molecule has 7 heteroatoms. The molecule has 3 rings (SSSR count). The number of carbonyl (C=O) groups excluding carboxylic acids is 1. The summed E-state index contributed by atoms with van der Waals surface area (Å²) in [7, 11) is 0. The lowest BCUT2D eigenvalue weighted by atomic mass is 10.1. The fourth-order valence-electron chi connectivity index (χ4n) is 2.56. The summed E-state index contributed by atoms with van der Waals surface area (Å²) in [5.41, 5.74) is -0.998. The number of nitrogens with zero attached hydrogens (tertiary/aromatic N) is 3. The van der Waals surface area contributed by atoms with E-state index in [2.05, 4.69) is 20.1 Å². The number of hydrogen-bond acceptors (Lipinski definition) is 4.